The number of nitrogens with zero attached hydrogens (tertiary/aromatic N) is 2. The first-order chi connectivity index (χ1) is 11.1. The normalized spacial score (nSPS) is 16.7. The van der Waals surface area contributed by atoms with Crippen LogP contribution in [0.5, 0.6) is 5.88 Å². The van der Waals surface area contributed by atoms with Gasteiger partial charge < -0.3 is 10.5 Å². The lowest BCUT2D eigenvalue weighted by atomic mass is 9.83. The molecular weight excluding hydrogens is 335 g/mol. The maximum atomic E-state index is 9.55. The fraction of sp³-hybridized carbons (Fsp3) is 0.250. The lowest BCUT2D eigenvalue weighted by Crippen LogP contribution is -2.21. The molecule has 1 atom stereocenters. The molecule has 1 aliphatic rings. The van der Waals surface area contributed by atoms with E-state index in [9.17, 15) is 5.26 Å². The van der Waals surface area contributed by atoms with Crippen molar-refractivity contribution in [3.05, 3.63) is 56.5 Å². The monoisotopic (exact) mass is 348 g/mol. The molecule has 0 saturated heterocycles. The Morgan fingerprint density at radius 3 is 2.87 bits per heavy atom. The summed E-state index contributed by atoms with van der Waals surface area (Å²) in [6, 6.07) is 7.33. The number of nitrogens with one attached hydrogen (secondary N) is 1. The summed E-state index contributed by atoms with van der Waals surface area (Å²) >= 11 is 12.4. The Labute approximate surface area is 143 Å². The highest BCUT2D eigenvalue weighted by Crippen LogP contribution is 2.45. The van der Waals surface area contributed by atoms with Crippen LogP contribution in [-0.2, 0) is 6.42 Å². The van der Waals surface area contributed by atoms with E-state index in [1.807, 2.05) is 0 Å². The van der Waals surface area contributed by atoms with Gasteiger partial charge in [-0.2, -0.15) is 5.26 Å². The third-order valence-corrected chi connectivity index (χ3v) is 4.35. The van der Waals surface area contributed by atoms with Crippen LogP contribution >= 0.6 is 23.2 Å². The summed E-state index contributed by atoms with van der Waals surface area (Å²) in [6.07, 6.45) is 1.71. The number of hydrogen-bond acceptors (Lipinski definition) is 4. The third-order valence-electron chi connectivity index (χ3n) is 3.79. The molecule has 0 radical (unpaired) electrons. The molecule has 0 unspecified atom stereocenters. The van der Waals surface area contributed by atoms with Crippen molar-refractivity contribution in [1.82, 2.24) is 10.2 Å². The zero-order chi connectivity index (χ0) is 16.6. The maximum absolute atomic E-state index is 9.55. The Balaban J connectivity index is 2.24. The van der Waals surface area contributed by atoms with E-state index in [0.717, 1.165) is 29.7 Å². The number of allylic oxidation sites excluding steroid dienone is 1. The number of nitrogens with two attached hydrogens (primary N) is 1. The molecular formula is C16H14Cl2N4O. The molecule has 2 heterocycles. The van der Waals surface area contributed by atoms with Crippen molar-refractivity contribution in [3.63, 3.8) is 0 Å². The first-order valence-corrected chi connectivity index (χ1v) is 7.92. The molecule has 118 valence electrons. The van der Waals surface area contributed by atoms with Crippen LogP contribution in [0.3, 0.4) is 0 Å². The summed E-state index contributed by atoms with van der Waals surface area (Å²) in [5, 5.41) is 17.7. The number of rotatable bonds is 3. The number of aromatic nitrogens is 2. The molecule has 7 heteroatoms. The van der Waals surface area contributed by atoms with Gasteiger partial charge in [0.1, 0.15) is 11.6 Å². The Morgan fingerprint density at radius 1 is 1.43 bits per heavy atom. The Hall–Kier alpha value is -2.16. The second-order valence-corrected chi connectivity index (χ2v) is 6.11. The molecule has 3 rings (SSSR count). The van der Waals surface area contributed by atoms with Crippen LogP contribution in [0.2, 0.25) is 10.0 Å². The number of nitriles is 1. The highest BCUT2D eigenvalue weighted by atomic mass is 35.5. The van der Waals surface area contributed by atoms with E-state index in [0.29, 0.717) is 21.5 Å². The fourth-order valence-corrected chi connectivity index (χ4v) is 3.31. The molecule has 5 nitrogen and oxygen atoms in total. The van der Waals surface area contributed by atoms with E-state index in [1.165, 1.54) is 0 Å². The average Bonchev–Trinajstić information content (AvgIpc) is 2.89. The van der Waals surface area contributed by atoms with Gasteiger partial charge in [0.15, 0.2) is 0 Å². The van der Waals surface area contributed by atoms with Crippen LogP contribution in [-0.4, -0.2) is 10.2 Å². The van der Waals surface area contributed by atoms with Crippen molar-refractivity contribution in [2.45, 2.75) is 25.7 Å². The molecule has 0 amide bonds. The molecule has 0 spiro atoms. The van der Waals surface area contributed by atoms with E-state index < -0.39 is 5.92 Å². The van der Waals surface area contributed by atoms with Crippen LogP contribution in [0.1, 0.15) is 36.1 Å². The van der Waals surface area contributed by atoms with Crippen LogP contribution in [0.15, 0.2) is 29.7 Å². The van der Waals surface area contributed by atoms with Crippen LogP contribution in [0, 0.1) is 11.3 Å². The van der Waals surface area contributed by atoms with Gasteiger partial charge in [0.2, 0.25) is 11.8 Å². The average molecular weight is 349 g/mol. The smallest absolute Gasteiger partial charge is 0.244 e. The Morgan fingerprint density at radius 2 is 2.22 bits per heavy atom. The number of hydrogen-bond donors (Lipinski definition) is 2. The summed E-state index contributed by atoms with van der Waals surface area (Å²) in [4.78, 5) is 0. The van der Waals surface area contributed by atoms with E-state index in [2.05, 4.69) is 23.2 Å². The SMILES string of the molecule is CCCc1[nH]nc2c1[C@@H](c1ccc(Cl)cc1Cl)C(C#N)=C(N)O2. The van der Waals surface area contributed by atoms with Crippen molar-refractivity contribution < 1.29 is 4.74 Å². The summed E-state index contributed by atoms with van der Waals surface area (Å²) in [6.45, 7) is 2.07. The lowest BCUT2D eigenvalue weighted by Gasteiger charge is -2.24. The molecule has 0 aliphatic carbocycles. The fourth-order valence-electron chi connectivity index (χ4n) is 2.80. The van der Waals surface area contributed by atoms with Crippen molar-refractivity contribution >= 4 is 23.2 Å². The number of halogens is 2. The molecule has 0 saturated carbocycles. The minimum Gasteiger partial charge on any atom is -0.420 e. The highest BCUT2D eigenvalue weighted by molar-refractivity contribution is 6.35. The quantitative estimate of drug-likeness (QED) is 0.880. The molecule has 2 aromatic rings. The third kappa shape index (κ3) is 2.65. The maximum Gasteiger partial charge on any atom is 0.244 e. The molecule has 1 aromatic heterocycles. The second kappa shape index (κ2) is 6.15. The first kappa shape index (κ1) is 15.7. The predicted molar refractivity (Wildman–Crippen MR) is 88.3 cm³/mol. The lowest BCUT2D eigenvalue weighted by molar-refractivity contribution is 0.378. The first-order valence-electron chi connectivity index (χ1n) is 7.16. The van der Waals surface area contributed by atoms with Gasteiger partial charge in [-0.05, 0) is 24.1 Å². The van der Waals surface area contributed by atoms with Crippen molar-refractivity contribution in [3.8, 4) is 11.9 Å². The van der Waals surface area contributed by atoms with Crippen molar-refractivity contribution in [1.29, 1.82) is 5.26 Å². The molecule has 1 aliphatic heterocycles. The van der Waals surface area contributed by atoms with E-state index >= 15 is 0 Å². The molecule has 23 heavy (non-hydrogen) atoms. The number of H-pyrrole nitrogens is 1. The standard InChI is InChI=1S/C16H14Cl2N4O/c1-2-3-12-14-13(9-5-4-8(17)6-11(9)18)10(7-19)15(20)23-16(14)22-21-12/h4-6,13H,2-3,20H2,1H3,(H,21,22)/t13-/m0/s1. The van der Waals surface area contributed by atoms with E-state index in [1.54, 1.807) is 18.2 Å². The minimum atomic E-state index is -0.422. The Bertz CT molecular complexity index is 835. The Kier molecular flexibility index (Phi) is 4.20. The summed E-state index contributed by atoms with van der Waals surface area (Å²) < 4.78 is 5.50. The molecule has 1 aromatic carbocycles. The second-order valence-electron chi connectivity index (χ2n) is 5.26. The molecule has 3 N–H and O–H groups in total. The highest BCUT2D eigenvalue weighted by Gasteiger charge is 2.35. The van der Waals surface area contributed by atoms with Gasteiger partial charge in [-0.3, -0.25) is 5.10 Å². The van der Waals surface area contributed by atoms with Gasteiger partial charge in [-0.1, -0.05) is 42.6 Å². The largest absolute Gasteiger partial charge is 0.420 e. The van der Waals surface area contributed by atoms with Crippen LogP contribution < -0.4 is 10.5 Å². The minimum absolute atomic E-state index is 0.0468. The summed E-state index contributed by atoms with van der Waals surface area (Å²) in [7, 11) is 0. The number of aryl methyl sites for hydroxylation is 1. The number of benzene rings is 1. The van der Waals surface area contributed by atoms with Gasteiger partial charge >= 0.3 is 0 Å². The predicted octanol–water partition coefficient (Wildman–Crippen LogP) is 3.89. The van der Waals surface area contributed by atoms with Gasteiger partial charge in [-0.25, -0.2) is 0 Å². The van der Waals surface area contributed by atoms with Crippen molar-refractivity contribution in [2.75, 3.05) is 0 Å². The van der Waals surface area contributed by atoms with Crippen molar-refractivity contribution in [2.24, 2.45) is 5.73 Å². The van der Waals surface area contributed by atoms with Crippen LogP contribution in [0.25, 0.3) is 0 Å². The van der Waals surface area contributed by atoms with E-state index in [-0.39, 0.29) is 5.88 Å². The van der Waals surface area contributed by atoms with Crippen LogP contribution in [0.4, 0.5) is 0 Å². The summed E-state index contributed by atoms with van der Waals surface area (Å²) in [5.41, 5.74) is 8.70. The van der Waals surface area contributed by atoms with Gasteiger partial charge in [-0.15, -0.1) is 5.10 Å². The number of fused-ring (bicyclic) bond motifs is 1. The van der Waals surface area contributed by atoms with Gasteiger partial charge in [0.05, 0.1) is 11.5 Å². The summed E-state index contributed by atoms with van der Waals surface area (Å²) in [5.74, 6) is 0.0142. The molecule has 0 fully saturated rings. The number of ether oxygens (including phenoxy) is 1. The zero-order valence-electron chi connectivity index (χ0n) is 12.4. The van der Waals surface area contributed by atoms with E-state index in [4.69, 9.17) is 33.7 Å². The van der Waals surface area contributed by atoms with Gasteiger partial charge in [0.25, 0.3) is 0 Å². The van der Waals surface area contributed by atoms with Gasteiger partial charge in [0, 0.05) is 15.7 Å². The zero-order valence-corrected chi connectivity index (χ0v) is 13.9. The topological polar surface area (TPSA) is 87.7 Å². The molecule has 0 bridgehead atoms. The number of aromatic amines is 1.